The first-order valence-electron chi connectivity index (χ1n) is 9.31. The maximum absolute atomic E-state index is 13.0. The van der Waals surface area contributed by atoms with Crippen LogP contribution in [0, 0.1) is 0 Å². The van der Waals surface area contributed by atoms with Crippen molar-refractivity contribution in [3.63, 3.8) is 0 Å². The molecule has 0 saturated heterocycles. The highest BCUT2D eigenvalue weighted by molar-refractivity contribution is 6.32. The lowest BCUT2D eigenvalue weighted by atomic mass is 9.92. The lowest BCUT2D eigenvalue weighted by Crippen LogP contribution is -2.50. The Labute approximate surface area is 181 Å². The monoisotopic (exact) mass is 447 g/mol. The number of fused-ring (bicyclic) bond motifs is 1. The molecule has 0 fully saturated rings. The molecule has 0 saturated carbocycles. The standard InChI is InChI=1S/C23H17ClF3NO3/c1-22(14-6-4-3-5-7-14)21(29)28(2)18-10-9-16(13-20(18)31-22)30-19-11-8-15(12-17(19)24)23(25,26)27/h3-13H,1-2H3. The van der Waals surface area contributed by atoms with Gasteiger partial charge < -0.3 is 14.4 Å². The van der Waals surface area contributed by atoms with Crippen LogP contribution in [-0.2, 0) is 16.6 Å². The predicted octanol–water partition coefficient (Wildman–Crippen LogP) is 6.42. The van der Waals surface area contributed by atoms with Crippen molar-refractivity contribution in [3.05, 3.63) is 82.9 Å². The largest absolute Gasteiger partial charge is 0.471 e. The molecule has 1 aliphatic rings. The molecule has 0 aliphatic carbocycles. The summed E-state index contributed by atoms with van der Waals surface area (Å²) in [6.45, 7) is 1.68. The molecule has 0 N–H and O–H groups in total. The average Bonchev–Trinajstić information content (AvgIpc) is 2.73. The van der Waals surface area contributed by atoms with E-state index < -0.39 is 17.3 Å². The summed E-state index contributed by atoms with van der Waals surface area (Å²) in [6.07, 6.45) is -4.50. The molecule has 8 heteroatoms. The molecule has 0 spiro atoms. The van der Waals surface area contributed by atoms with Gasteiger partial charge in [-0.2, -0.15) is 13.2 Å². The highest BCUT2D eigenvalue weighted by Gasteiger charge is 2.45. The molecule has 160 valence electrons. The minimum absolute atomic E-state index is 0.0701. The van der Waals surface area contributed by atoms with Gasteiger partial charge >= 0.3 is 6.18 Å². The minimum Gasteiger partial charge on any atom is -0.471 e. The minimum atomic E-state index is -4.50. The number of ether oxygens (including phenoxy) is 2. The van der Waals surface area contributed by atoms with E-state index in [2.05, 4.69) is 0 Å². The number of benzene rings is 3. The summed E-state index contributed by atoms with van der Waals surface area (Å²) in [5.41, 5.74) is -0.871. The third-order valence-electron chi connectivity index (χ3n) is 5.13. The maximum Gasteiger partial charge on any atom is 0.416 e. The Morgan fingerprint density at radius 3 is 2.39 bits per heavy atom. The van der Waals surface area contributed by atoms with Crippen molar-refractivity contribution in [1.29, 1.82) is 0 Å². The Hall–Kier alpha value is -3.19. The van der Waals surface area contributed by atoms with Crippen molar-refractivity contribution >= 4 is 23.2 Å². The van der Waals surface area contributed by atoms with Crippen LogP contribution in [0.25, 0.3) is 0 Å². The number of hydrogen-bond donors (Lipinski definition) is 0. The fraction of sp³-hybridized carbons (Fsp3) is 0.174. The summed E-state index contributed by atoms with van der Waals surface area (Å²) in [7, 11) is 1.65. The number of carbonyl (C=O) groups is 1. The first-order valence-corrected chi connectivity index (χ1v) is 9.69. The second-order valence-electron chi connectivity index (χ2n) is 7.24. The Morgan fingerprint density at radius 2 is 1.74 bits per heavy atom. The summed E-state index contributed by atoms with van der Waals surface area (Å²) in [5, 5.41) is -0.171. The molecule has 3 aromatic rings. The van der Waals surface area contributed by atoms with Gasteiger partial charge in [0.1, 0.15) is 17.2 Å². The van der Waals surface area contributed by atoms with Crippen LogP contribution in [0.4, 0.5) is 18.9 Å². The zero-order valence-electron chi connectivity index (χ0n) is 16.5. The number of nitrogens with zero attached hydrogens (tertiary/aromatic N) is 1. The first kappa shape index (κ1) is 21.1. The van der Waals surface area contributed by atoms with Gasteiger partial charge in [0.2, 0.25) is 5.60 Å². The van der Waals surface area contributed by atoms with E-state index in [1.807, 2.05) is 18.2 Å². The molecule has 0 aromatic heterocycles. The number of hydrogen-bond acceptors (Lipinski definition) is 3. The smallest absolute Gasteiger partial charge is 0.416 e. The lowest BCUT2D eigenvalue weighted by molar-refractivity contribution is -0.137. The van der Waals surface area contributed by atoms with Gasteiger partial charge in [-0.3, -0.25) is 4.79 Å². The van der Waals surface area contributed by atoms with Crippen molar-refractivity contribution in [3.8, 4) is 17.2 Å². The molecule has 1 atom stereocenters. The van der Waals surface area contributed by atoms with Crippen molar-refractivity contribution in [2.45, 2.75) is 18.7 Å². The van der Waals surface area contributed by atoms with Crippen LogP contribution < -0.4 is 14.4 Å². The average molecular weight is 448 g/mol. The molecule has 31 heavy (non-hydrogen) atoms. The van der Waals surface area contributed by atoms with Crippen LogP contribution in [0.1, 0.15) is 18.1 Å². The molecule has 4 nitrogen and oxygen atoms in total. The molecule has 4 rings (SSSR count). The molecular formula is C23H17ClF3NO3. The topological polar surface area (TPSA) is 38.8 Å². The third kappa shape index (κ3) is 3.81. The Bertz CT molecular complexity index is 1150. The van der Waals surface area contributed by atoms with E-state index in [1.165, 1.54) is 4.90 Å². The molecule has 1 heterocycles. The van der Waals surface area contributed by atoms with E-state index in [4.69, 9.17) is 21.1 Å². The summed E-state index contributed by atoms with van der Waals surface area (Å²) in [4.78, 5) is 14.5. The quantitative estimate of drug-likeness (QED) is 0.465. The van der Waals surface area contributed by atoms with E-state index >= 15 is 0 Å². The summed E-state index contributed by atoms with van der Waals surface area (Å²) in [5.74, 6) is 0.541. The van der Waals surface area contributed by atoms with Gasteiger partial charge in [-0.25, -0.2) is 0 Å². The van der Waals surface area contributed by atoms with Crippen molar-refractivity contribution in [1.82, 2.24) is 0 Å². The van der Waals surface area contributed by atoms with E-state index in [-0.39, 0.29) is 16.7 Å². The van der Waals surface area contributed by atoms with Crippen molar-refractivity contribution < 1.29 is 27.4 Å². The second-order valence-corrected chi connectivity index (χ2v) is 7.65. The number of carbonyl (C=O) groups excluding carboxylic acids is 1. The molecule has 0 radical (unpaired) electrons. The maximum atomic E-state index is 13.0. The Balaban J connectivity index is 1.67. The van der Waals surface area contributed by atoms with Gasteiger partial charge in [0.05, 0.1) is 16.3 Å². The predicted molar refractivity (Wildman–Crippen MR) is 111 cm³/mol. The third-order valence-corrected chi connectivity index (χ3v) is 5.43. The highest BCUT2D eigenvalue weighted by atomic mass is 35.5. The summed E-state index contributed by atoms with van der Waals surface area (Å²) in [6, 6.07) is 16.8. The van der Waals surface area contributed by atoms with Crippen LogP contribution in [0.3, 0.4) is 0 Å². The van der Waals surface area contributed by atoms with Crippen molar-refractivity contribution in [2.75, 3.05) is 11.9 Å². The Morgan fingerprint density at radius 1 is 1.03 bits per heavy atom. The van der Waals surface area contributed by atoms with Gasteiger partial charge in [0.25, 0.3) is 5.91 Å². The van der Waals surface area contributed by atoms with Crippen LogP contribution in [0.5, 0.6) is 17.2 Å². The normalized spacial score (nSPS) is 18.4. The SMILES string of the molecule is CN1C(=O)C(C)(c2ccccc2)Oc2cc(Oc3ccc(C(F)(F)F)cc3Cl)ccc21. The number of amides is 1. The molecule has 0 bridgehead atoms. The van der Waals surface area contributed by atoms with Crippen LogP contribution in [-0.4, -0.2) is 13.0 Å². The van der Waals surface area contributed by atoms with E-state index in [0.717, 1.165) is 18.2 Å². The zero-order chi connectivity index (χ0) is 22.4. The molecule has 1 aliphatic heterocycles. The van der Waals surface area contributed by atoms with Gasteiger partial charge in [-0.1, -0.05) is 41.9 Å². The van der Waals surface area contributed by atoms with Gasteiger partial charge in [-0.15, -0.1) is 0 Å². The number of rotatable bonds is 3. The lowest BCUT2D eigenvalue weighted by Gasteiger charge is -2.39. The van der Waals surface area contributed by atoms with Gasteiger partial charge in [0, 0.05) is 18.7 Å². The van der Waals surface area contributed by atoms with Crippen LogP contribution >= 0.6 is 11.6 Å². The number of alkyl halides is 3. The zero-order valence-corrected chi connectivity index (χ0v) is 17.3. The number of halogens is 4. The van der Waals surface area contributed by atoms with Gasteiger partial charge in [0.15, 0.2) is 0 Å². The molecule has 1 unspecified atom stereocenters. The fourth-order valence-corrected chi connectivity index (χ4v) is 3.65. The van der Waals surface area contributed by atoms with Crippen LogP contribution in [0.15, 0.2) is 66.7 Å². The van der Waals surface area contributed by atoms with E-state index in [9.17, 15) is 18.0 Å². The number of likely N-dealkylation sites (N-methyl/N-ethyl adjacent to an activating group) is 1. The number of anilines is 1. The molecule has 3 aromatic carbocycles. The van der Waals surface area contributed by atoms with Crippen LogP contribution in [0.2, 0.25) is 5.02 Å². The van der Waals surface area contributed by atoms with E-state index in [1.54, 1.807) is 44.3 Å². The van der Waals surface area contributed by atoms with Gasteiger partial charge in [-0.05, 0) is 37.3 Å². The fourth-order valence-electron chi connectivity index (χ4n) is 3.44. The van der Waals surface area contributed by atoms with Crippen molar-refractivity contribution in [2.24, 2.45) is 0 Å². The first-order chi connectivity index (χ1) is 14.6. The molecule has 1 amide bonds. The molecular weight excluding hydrogens is 431 g/mol. The second kappa shape index (κ2) is 7.50. The summed E-state index contributed by atoms with van der Waals surface area (Å²) >= 11 is 5.99. The van der Waals surface area contributed by atoms with E-state index in [0.29, 0.717) is 22.7 Å². The summed E-state index contributed by atoms with van der Waals surface area (Å²) < 4.78 is 50.3. The Kier molecular flexibility index (Phi) is 5.09. The highest BCUT2D eigenvalue weighted by Crippen LogP contribution is 2.44.